The molecule has 1 saturated heterocycles. The van der Waals surface area contributed by atoms with E-state index >= 15 is 0 Å². The van der Waals surface area contributed by atoms with Gasteiger partial charge in [0.05, 0.1) is 27.0 Å². The van der Waals surface area contributed by atoms with Crippen molar-refractivity contribution in [3.05, 3.63) is 66.3 Å². The van der Waals surface area contributed by atoms with Gasteiger partial charge < -0.3 is 13.9 Å². The van der Waals surface area contributed by atoms with Crippen LogP contribution >= 0.6 is 11.3 Å². The van der Waals surface area contributed by atoms with Crippen molar-refractivity contribution in [3.8, 4) is 10.6 Å². The van der Waals surface area contributed by atoms with Crippen LogP contribution in [0.4, 0.5) is 10.3 Å². The summed E-state index contributed by atoms with van der Waals surface area (Å²) in [7, 11) is 0. The normalized spacial score (nSPS) is 21.4. The number of anilines is 1. The van der Waals surface area contributed by atoms with E-state index in [9.17, 15) is 14.0 Å². The lowest BCUT2D eigenvalue weighted by Gasteiger charge is -2.46. The molecule has 1 aliphatic carbocycles. The average molecular weight is 492 g/mol. The van der Waals surface area contributed by atoms with Gasteiger partial charge in [-0.3, -0.25) is 14.9 Å². The predicted octanol–water partition coefficient (Wildman–Crippen LogP) is 4.88. The van der Waals surface area contributed by atoms with Crippen LogP contribution in [0.3, 0.4) is 0 Å². The lowest BCUT2D eigenvalue weighted by molar-refractivity contribution is -0.125. The van der Waals surface area contributed by atoms with E-state index in [4.69, 9.17) is 4.42 Å². The molecule has 4 aromatic rings. The molecule has 0 atom stereocenters. The number of fused-ring (bicyclic) bond motifs is 1. The Balaban J connectivity index is 1.27. The smallest absolute Gasteiger partial charge is 0.268 e. The molecule has 0 bridgehead atoms. The van der Waals surface area contributed by atoms with Gasteiger partial charge in [0.15, 0.2) is 12.2 Å². The molecular weight excluding hydrogens is 469 g/mol. The molecule has 1 spiro atoms. The fraction of sp³-hybridized carbons (Fsp3) is 0.280. The number of aromatic nitrogens is 3. The number of thiophene rings is 1. The Labute approximate surface area is 204 Å². The third-order valence-electron chi connectivity index (χ3n) is 7.01. The van der Waals surface area contributed by atoms with Crippen molar-refractivity contribution >= 4 is 40.1 Å². The van der Waals surface area contributed by atoms with Gasteiger partial charge in [-0.1, -0.05) is 6.58 Å². The van der Waals surface area contributed by atoms with Crippen molar-refractivity contribution in [1.29, 1.82) is 0 Å². The standard InChI is InChI=1S/C25H22FN5O3S/c1-2-22(32)30-8-7-25(13-30)10-16(11-25)31-18-9-15(26)3-4-17(18)28-24(31)29-23(33)21-6-5-20(35-21)19-12-27-14-34-19/h2-6,9,12,14,16H,1,7-8,10-11,13H2,(H,28,29,33). The van der Waals surface area contributed by atoms with Gasteiger partial charge in [0.2, 0.25) is 11.9 Å². The molecule has 1 aliphatic heterocycles. The van der Waals surface area contributed by atoms with Crippen LogP contribution < -0.4 is 5.32 Å². The number of carbonyl (C=O) groups excluding carboxylic acids is 2. The SMILES string of the molecule is C=CC(=O)N1CCC2(CC(n3c(NC(=O)c4ccc(-c5cnco5)s4)nc4ccc(F)cc43)C2)C1. The van der Waals surface area contributed by atoms with Crippen molar-refractivity contribution in [1.82, 2.24) is 19.4 Å². The van der Waals surface area contributed by atoms with Gasteiger partial charge in [-0.05, 0) is 61.1 Å². The zero-order valence-electron chi connectivity index (χ0n) is 18.7. The molecule has 1 aromatic carbocycles. The maximum absolute atomic E-state index is 14.2. The Hall–Kier alpha value is -3.79. The Morgan fingerprint density at radius 1 is 1.29 bits per heavy atom. The van der Waals surface area contributed by atoms with Crippen LogP contribution in [0.2, 0.25) is 0 Å². The van der Waals surface area contributed by atoms with E-state index in [1.165, 1.54) is 35.9 Å². The molecule has 0 radical (unpaired) electrons. The largest absolute Gasteiger partial charge is 0.443 e. The topological polar surface area (TPSA) is 93.3 Å². The molecule has 2 aliphatic rings. The van der Waals surface area contributed by atoms with E-state index in [0.29, 0.717) is 40.7 Å². The van der Waals surface area contributed by atoms with E-state index in [1.807, 2.05) is 15.5 Å². The summed E-state index contributed by atoms with van der Waals surface area (Å²) in [6.07, 6.45) is 6.87. The minimum absolute atomic E-state index is 0.0360. The van der Waals surface area contributed by atoms with Gasteiger partial charge in [0, 0.05) is 19.1 Å². The highest BCUT2D eigenvalue weighted by atomic mass is 32.1. The highest BCUT2D eigenvalue weighted by molar-refractivity contribution is 7.17. The monoisotopic (exact) mass is 491 g/mol. The number of halogens is 1. The van der Waals surface area contributed by atoms with Crippen molar-refractivity contribution in [2.45, 2.75) is 25.3 Å². The second-order valence-electron chi connectivity index (χ2n) is 9.20. The van der Waals surface area contributed by atoms with Crippen molar-refractivity contribution in [2.24, 2.45) is 5.41 Å². The van der Waals surface area contributed by atoms with Crippen molar-refractivity contribution in [2.75, 3.05) is 18.4 Å². The molecule has 0 unspecified atom stereocenters. The van der Waals surface area contributed by atoms with E-state index in [0.717, 1.165) is 24.1 Å². The fourth-order valence-corrected chi connectivity index (χ4v) is 6.18. The third kappa shape index (κ3) is 3.74. The summed E-state index contributed by atoms with van der Waals surface area (Å²) in [4.78, 5) is 36.8. The van der Waals surface area contributed by atoms with Crippen LogP contribution in [0.25, 0.3) is 21.7 Å². The lowest BCUT2D eigenvalue weighted by Crippen LogP contribution is -2.42. The van der Waals surface area contributed by atoms with E-state index in [-0.39, 0.29) is 29.1 Å². The van der Waals surface area contributed by atoms with Crippen LogP contribution in [-0.4, -0.2) is 44.3 Å². The van der Waals surface area contributed by atoms with Crippen LogP contribution in [0.5, 0.6) is 0 Å². The van der Waals surface area contributed by atoms with Crippen molar-refractivity contribution < 1.29 is 18.4 Å². The van der Waals surface area contributed by atoms with Gasteiger partial charge in [-0.15, -0.1) is 11.3 Å². The van der Waals surface area contributed by atoms with Gasteiger partial charge >= 0.3 is 0 Å². The highest BCUT2D eigenvalue weighted by Crippen LogP contribution is 2.55. The number of likely N-dealkylation sites (tertiary alicyclic amines) is 1. The predicted molar refractivity (Wildman–Crippen MR) is 130 cm³/mol. The molecule has 2 fully saturated rings. The van der Waals surface area contributed by atoms with Crippen LogP contribution in [0.1, 0.15) is 35.0 Å². The molecule has 1 saturated carbocycles. The average Bonchev–Trinajstić information content (AvgIpc) is 3.62. The quantitative estimate of drug-likeness (QED) is 0.402. The molecule has 1 N–H and O–H groups in total. The molecule has 8 nitrogen and oxygen atoms in total. The number of hydrogen-bond donors (Lipinski definition) is 1. The first-order valence-electron chi connectivity index (χ1n) is 11.3. The van der Waals surface area contributed by atoms with Gasteiger partial charge in [0.25, 0.3) is 5.91 Å². The second-order valence-corrected chi connectivity index (χ2v) is 10.3. The molecule has 3 aromatic heterocycles. The zero-order valence-corrected chi connectivity index (χ0v) is 19.6. The van der Waals surface area contributed by atoms with E-state index < -0.39 is 0 Å². The second kappa shape index (κ2) is 8.16. The van der Waals surface area contributed by atoms with Crippen LogP contribution in [0, 0.1) is 11.2 Å². The molecule has 10 heteroatoms. The maximum atomic E-state index is 14.2. The van der Waals surface area contributed by atoms with Crippen molar-refractivity contribution in [3.63, 3.8) is 0 Å². The lowest BCUT2D eigenvalue weighted by atomic mass is 9.65. The first-order chi connectivity index (χ1) is 16.9. The Bertz CT molecular complexity index is 1450. The zero-order chi connectivity index (χ0) is 24.2. The van der Waals surface area contributed by atoms with Gasteiger partial charge in [-0.2, -0.15) is 0 Å². The number of imidazole rings is 1. The maximum Gasteiger partial charge on any atom is 0.268 e. The van der Waals surface area contributed by atoms with Crippen LogP contribution in [-0.2, 0) is 4.79 Å². The Morgan fingerprint density at radius 2 is 2.14 bits per heavy atom. The van der Waals surface area contributed by atoms with E-state index in [2.05, 4.69) is 21.9 Å². The van der Waals surface area contributed by atoms with E-state index in [1.54, 1.807) is 18.3 Å². The third-order valence-corrected chi connectivity index (χ3v) is 8.11. The summed E-state index contributed by atoms with van der Waals surface area (Å²) >= 11 is 1.29. The number of benzene rings is 1. The summed E-state index contributed by atoms with van der Waals surface area (Å²) in [5, 5.41) is 2.94. The first kappa shape index (κ1) is 21.7. The first-order valence-corrected chi connectivity index (χ1v) is 12.2. The number of nitrogens with one attached hydrogen (secondary N) is 1. The number of amides is 2. The summed E-state index contributed by atoms with van der Waals surface area (Å²) in [6, 6.07) is 8.03. The summed E-state index contributed by atoms with van der Waals surface area (Å²) in [5.41, 5.74) is 1.30. The number of carbonyl (C=O) groups is 2. The van der Waals surface area contributed by atoms with Gasteiger partial charge in [0.1, 0.15) is 5.82 Å². The Kier molecular flexibility index (Phi) is 5.06. The summed E-state index contributed by atoms with van der Waals surface area (Å²) < 4.78 is 21.4. The summed E-state index contributed by atoms with van der Waals surface area (Å²) in [6.45, 7) is 4.99. The molecule has 4 heterocycles. The highest BCUT2D eigenvalue weighted by Gasteiger charge is 2.50. The summed E-state index contributed by atoms with van der Waals surface area (Å²) in [5.74, 6) is 0.285. The number of oxazole rings is 1. The molecule has 35 heavy (non-hydrogen) atoms. The number of rotatable bonds is 5. The van der Waals surface area contributed by atoms with Crippen LogP contribution in [0.15, 0.2) is 60.0 Å². The Morgan fingerprint density at radius 3 is 2.91 bits per heavy atom. The molecule has 178 valence electrons. The number of nitrogens with zero attached hydrogens (tertiary/aromatic N) is 4. The molecule has 2 amide bonds. The minimum atomic E-state index is -0.357. The number of hydrogen-bond acceptors (Lipinski definition) is 6. The molecular formula is C25H22FN5O3S. The molecule has 6 rings (SSSR count). The van der Waals surface area contributed by atoms with Gasteiger partial charge in [-0.25, -0.2) is 14.4 Å². The fourth-order valence-electron chi connectivity index (χ4n) is 5.32. The minimum Gasteiger partial charge on any atom is -0.443 e.